The maximum Gasteiger partial charge on any atom is 0.337 e. The highest BCUT2D eigenvalue weighted by molar-refractivity contribution is 5.94. The number of allylic oxidation sites excluding steroid dienone is 2. The minimum Gasteiger partial charge on any atom is -0.497 e. The summed E-state index contributed by atoms with van der Waals surface area (Å²) in [5, 5.41) is 0. The molecule has 0 fully saturated rings. The molecule has 3 nitrogen and oxygen atoms in total. The van der Waals surface area contributed by atoms with E-state index >= 15 is 0 Å². The number of rotatable bonds is 4. The topological polar surface area (TPSA) is 35.5 Å². The van der Waals surface area contributed by atoms with Crippen LogP contribution in [-0.4, -0.2) is 20.2 Å². The number of esters is 1. The van der Waals surface area contributed by atoms with Crippen LogP contribution in [0.2, 0.25) is 0 Å². The summed E-state index contributed by atoms with van der Waals surface area (Å²) >= 11 is 0. The third-order valence-corrected chi connectivity index (χ3v) is 4.86. The second kappa shape index (κ2) is 7.56. The summed E-state index contributed by atoms with van der Waals surface area (Å²) in [7, 11) is 3.11. The molecular weight excluding hydrogens is 312 g/mol. The molecule has 0 aliphatic heterocycles. The van der Waals surface area contributed by atoms with Crippen molar-refractivity contribution in [3.05, 3.63) is 64.7 Å². The van der Waals surface area contributed by atoms with Crippen molar-refractivity contribution < 1.29 is 14.3 Å². The predicted octanol–water partition coefficient (Wildman–Crippen LogP) is 5.28. The summed E-state index contributed by atoms with van der Waals surface area (Å²) in [6.45, 7) is 2.06. The number of carbonyl (C=O) groups excluding carboxylic acids is 1. The molecule has 3 rings (SSSR count). The van der Waals surface area contributed by atoms with Gasteiger partial charge < -0.3 is 9.47 Å². The molecule has 3 heteroatoms. The number of hydrogen-bond acceptors (Lipinski definition) is 3. The largest absolute Gasteiger partial charge is 0.497 e. The third kappa shape index (κ3) is 3.60. The molecule has 25 heavy (non-hydrogen) atoms. The minimum absolute atomic E-state index is 0.291. The summed E-state index contributed by atoms with van der Waals surface area (Å²) in [5.74, 6) is 0.591. The second-order valence-corrected chi connectivity index (χ2v) is 6.42. The minimum atomic E-state index is -0.291. The van der Waals surface area contributed by atoms with Gasteiger partial charge in [-0.3, -0.25) is 0 Å². The van der Waals surface area contributed by atoms with Crippen LogP contribution in [0.15, 0.2) is 42.5 Å². The standard InChI is InChI=1S/C22H24O3/c1-15-13-17(22(23)25-3)11-12-19(15)21-10-5-4-9-20(21)16-7-6-8-18(14-16)24-2/h6-8,11-14H,4-5,9-10H2,1-3H3. The van der Waals surface area contributed by atoms with Gasteiger partial charge in [-0.1, -0.05) is 18.2 Å². The Labute approximate surface area is 149 Å². The lowest BCUT2D eigenvalue weighted by Gasteiger charge is -2.23. The molecule has 0 aromatic heterocycles. The quantitative estimate of drug-likeness (QED) is 0.713. The highest BCUT2D eigenvalue weighted by Crippen LogP contribution is 2.40. The van der Waals surface area contributed by atoms with E-state index in [-0.39, 0.29) is 5.97 Å². The molecule has 0 saturated heterocycles. The van der Waals surface area contributed by atoms with Crippen molar-refractivity contribution in [2.24, 2.45) is 0 Å². The third-order valence-electron chi connectivity index (χ3n) is 4.86. The van der Waals surface area contributed by atoms with Crippen molar-refractivity contribution in [1.82, 2.24) is 0 Å². The van der Waals surface area contributed by atoms with Crippen molar-refractivity contribution in [2.75, 3.05) is 14.2 Å². The summed E-state index contributed by atoms with van der Waals surface area (Å²) in [4.78, 5) is 11.8. The van der Waals surface area contributed by atoms with Gasteiger partial charge in [0.1, 0.15) is 5.75 Å². The van der Waals surface area contributed by atoms with Gasteiger partial charge in [0.05, 0.1) is 19.8 Å². The van der Waals surface area contributed by atoms with E-state index in [1.807, 2.05) is 24.3 Å². The Morgan fingerprint density at radius 2 is 1.72 bits per heavy atom. The van der Waals surface area contributed by atoms with Gasteiger partial charge in [0.15, 0.2) is 0 Å². The maximum absolute atomic E-state index is 11.8. The van der Waals surface area contributed by atoms with Crippen LogP contribution in [0.5, 0.6) is 5.75 Å². The van der Waals surface area contributed by atoms with Gasteiger partial charge in [0, 0.05) is 0 Å². The number of carbonyl (C=O) groups is 1. The maximum atomic E-state index is 11.8. The van der Waals surface area contributed by atoms with Crippen LogP contribution in [0.25, 0.3) is 11.1 Å². The first kappa shape index (κ1) is 17.3. The van der Waals surface area contributed by atoms with E-state index in [9.17, 15) is 4.79 Å². The second-order valence-electron chi connectivity index (χ2n) is 6.42. The van der Waals surface area contributed by atoms with Crippen LogP contribution in [0.3, 0.4) is 0 Å². The average Bonchev–Trinajstić information content (AvgIpc) is 2.67. The molecule has 1 aliphatic carbocycles. The van der Waals surface area contributed by atoms with Gasteiger partial charge in [-0.15, -0.1) is 0 Å². The fourth-order valence-corrected chi connectivity index (χ4v) is 3.58. The zero-order valence-electron chi connectivity index (χ0n) is 15.1. The lowest BCUT2D eigenvalue weighted by Crippen LogP contribution is -2.04. The summed E-state index contributed by atoms with van der Waals surface area (Å²) in [5.41, 5.74) is 6.94. The van der Waals surface area contributed by atoms with Crippen LogP contribution in [0, 0.1) is 6.92 Å². The smallest absolute Gasteiger partial charge is 0.337 e. The van der Waals surface area contributed by atoms with Gasteiger partial charge in [-0.2, -0.15) is 0 Å². The highest BCUT2D eigenvalue weighted by Gasteiger charge is 2.18. The molecule has 2 aromatic rings. The van der Waals surface area contributed by atoms with Crippen molar-refractivity contribution >= 4 is 17.1 Å². The predicted molar refractivity (Wildman–Crippen MR) is 101 cm³/mol. The molecule has 0 heterocycles. The van der Waals surface area contributed by atoms with Crippen molar-refractivity contribution in [1.29, 1.82) is 0 Å². The Kier molecular flexibility index (Phi) is 5.22. The summed E-state index contributed by atoms with van der Waals surface area (Å²) in [6.07, 6.45) is 4.53. The zero-order valence-corrected chi connectivity index (χ0v) is 15.1. The van der Waals surface area contributed by atoms with Crippen molar-refractivity contribution in [3.8, 4) is 5.75 Å². The lowest BCUT2D eigenvalue weighted by atomic mass is 9.82. The van der Waals surface area contributed by atoms with Crippen LogP contribution in [0.1, 0.15) is 52.7 Å². The molecule has 0 amide bonds. The molecule has 2 aromatic carbocycles. The monoisotopic (exact) mass is 336 g/mol. The van der Waals surface area contributed by atoms with E-state index in [0.29, 0.717) is 5.56 Å². The molecule has 0 saturated carbocycles. The first-order chi connectivity index (χ1) is 12.1. The fourth-order valence-electron chi connectivity index (χ4n) is 3.58. The normalized spacial score (nSPS) is 14.4. The van der Waals surface area contributed by atoms with E-state index in [4.69, 9.17) is 9.47 Å². The number of ether oxygens (including phenoxy) is 2. The molecule has 130 valence electrons. The van der Waals surface area contributed by atoms with Crippen LogP contribution in [-0.2, 0) is 4.74 Å². The first-order valence-corrected chi connectivity index (χ1v) is 8.70. The summed E-state index contributed by atoms with van der Waals surface area (Å²) < 4.78 is 10.2. The van der Waals surface area contributed by atoms with Crippen molar-refractivity contribution in [2.45, 2.75) is 32.6 Å². The van der Waals surface area contributed by atoms with Gasteiger partial charge in [-0.25, -0.2) is 4.79 Å². The highest BCUT2D eigenvalue weighted by atomic mass is 16.5. The van der Waals surface area contributed by atoms with E-state index in [2.05, 4.69) is 25.1 Å². The Morgan fingerprint density at radius 1 is 0.960 bits per heavy atom. The average molecular weight is 336 g/mol. The Morgan fingerprint density at radius 3 is 2.40 bits per heavy atom. The van der Waals surface area contributed by atoms with E-state index in [1.165, 1.54) is 42.2 Å². The van der Waals surface area contributed by atoms with Gasteiger partial charge in [0.25, 0.3) is 0 Å². The van der Waals surface area contributed by atoms with Gasteiger partial charge in [0.2, 0.25) is 0 Å². The van der Waals surface area contributed by atoms with Crippen LogP contribution < -0.4 is 4.74 Å². The molecule has 0 radical (unpaired) electrons. The summed E-state index contributed by atoms with van der Waals surface area (Å²) in [6, 6.07) is 14.1. The molecule has 1 aliphatic rings. The van der Waals surface area contributed by atoms with Gasteiger partial charge >= 0.3 is 5.97 Å². The van der Waals surface area contributed by atoms with Crippen molar-refractivity contribution in [3.63, 3.8) is 0 Å². The number of hydrogen-bond donors (Lipinski definition) is 0. The Bertz CT molecular complexity index is 818. The zero-order chi connectivity index (χ0) is 17.8. The first-order valence-electron chi connectivity index (χ1n) is 8.70. The molecule has 0 atom stereocenters. The Hall–Kier alpha value is -2.55. The molecular formula is C22H24O3. The molecule has 0 unspecified atom stereocenters. The number of aryl methyl sites for hydroxylation is 1. The lowest BCUT2D eigenvalue weighted by molar-refractivity contribution is 0.0600. The van der Waals surface area contributed by atoms with E-state index < -0.39 is 0 Å². The van der Waals surface area contributed by atoms with E-state index in [1.54, 1.807) is 7.11 Å². The van der Waals surface area contributed by atoms with Gasteiger partial charge in [-0.05, 0) is 84.7 Å². The molecule has 0 N–H and O–H groups in total. The number of methoxy groups -OCH3 is 2. The Balaban J connectivity index is 2.08. The van der Waals surface area contributed by atoms with Crippen LogP contribution in [0.4, 0.5) is 0 Å². The number of benzene rings is 2. The molecule has 0 spiro atoms. The van der Waals surface area contributed by atoms with E-state index in [0.717, 1.165) is 24.2 Å². The van der Waals surface area contributed by atoms with Crippen LogP contribution >= 0.6 is 0 Å². The fraction of sp³-hybridized carbons (Fsp3) is 0.318. The SMILES string of the molecule is COC(=O)c1ccc(C2=C(c3cccc(OC)c3)CCCC2)c(C)c1. The molecule has 0 bridgehead atoms.